The third-order valence-corrected chi connectivity index (χ3v) is 10.9. The van der Waals surface area contributed by atoms with Crippen LogP contribution in [-0.4, -0.2) is 95.6 Å². The molecule has 4 amide bonds. The predicted octanol–water partition coefficient (Wildman–Crippen LogP) is 6.96. The fourth-order valence-corrected chi connectivity index (χ4v) is 8.30. The Bertz CT molecular complexity index is 1830. The normalized spacial score (nSPS) is 18.7. The molecule has 8 nitrogen and oxygen atoms in total. The van der Waals surface area contributed by atoms with E-state index < -0.39 is 0 Å². The van der Waals surface area contributed by atoms with Crippen LogP contribution in [-0.2, 0) is 0 Å². The summed E-state index contributed by atoms with van der Waals surface area (Å²) in [5, 5.41) is 0.849. The van der Waals surface area contributed by atoms with Gasteiger partial charge in [0, 0.05) is 85.4 Å². The van der Waals surface area contributed by atoms with Gasteiger partial charge < -0.3 is 0 Å². The van der Waals surface area contributed by atoms with Crippen LogP contribution >= 0.6 is 0 Å². The number of imide groups is 2. The van der Waals surface area contributed by atoms with Crippen LogP contribution in [0, 0.1) is 0 Å². The molecular formula is C44H44N4O4. The van der Waals surface area contributed by atoms with Crippen molar-refractivity contribution in [2.24, 2.45) is 0 Å². The maximum atomic E-state index is 13.9. The molecule has 2 aromatic rings. The second-order valence-corrected chi connectivity index (χ2v) is 14.6. The van der Waals surface area contributed by atoms with Crippen LogP contribution in [0.1, 0.15) is 80.0 Å². The van der Waals surface area contributed by atoms with E-state index in [1.807, 2.05) is 0 Å². The van der Waals surface area contributed by atoms with E-state index in [4.69, 9.17) is 0 Å². The summed E-state index contributed by atoms with van der Waals surface area (Å²) in [5.41, 5.74) is 6.92. The first-order valence-electron chi connectivity index (χ1n) is 18.6. The van der Waals surface area contributed by atoms with Crippen LogP contribution in [0.3, 0.4) is 0 Å². The molecule has 0 fully saturated rings. The predicted molar refractivity (Wildman–Crippen MR) is 204 cm³/mol. The van der Waals surface area contributed by atoms with Gasteiger partial charge in [0.2, 0.25) is 0 Å². The molecule has 0 bridgehead atoms. The number of carbonyl (C=O) groups excluding carboxylic acids is 4. The van der Waals surface area contributed by atoms with Crippen molar-refractivity contribution in [3.05, 3.63) is 142 Å². The fraction of sp³-hybridized carbons (Fsp3) is 0.318. The van der Waals surface area contributed by atoms with E-state index in [2.05, 4.69) is 82.7 Å². The molecule has 2 aromatic carbocycles. The molecule has 0 saturated carbocycles. The number of carbonyl (C=O) groups is 4. The average Bonchev–Trinajstić information content (AvgIpc) is 3.99. The first-order chi connectivity index (χ1) is 25.4. The molecule has 0 atom stereocenters. The Balaban J connectivity index is 0.950. The molecule has 8 rings (SSSR count). The van der Waals surface area contributed by atoms with Crippen molar-refractivity contribution in [1.82, 2.24) is 19.6 Å². The zero-order valence-corrected chi connectivity index (χ0v) is 29.6. The molecule has 4 aliphatic carbocycles. The minimum Gasteiger partial charge on any atom is -0.295 e. The van der Waals surface area contributed by atoms with Gasteiger partial charge in [0.15, 0.2) is 0 Å². The van der Waals surface area contributed by atoms with Crippen LogP contribution in [0.4, 0.5) is 0 Å². The van der Waals surface area contributed by atoms with E-state index in [9.17, 15) is 19.2 Å². The molecule has 6 aliphatic rings. The first kappa shape index (κ1) is 33.9. The lowest BCUT2D eigenvalue weighted by Gasteiger charge is -2.32. The molecular weight excluding hydrogens is 649 g/mol. The number of hydrogen-bond donors (Lipinski definition) is 0. The highest BCUT2D eigenvalue weighted by Crippen LogP contribution is 2.38. The van der Waals surface area contributed by atoms with Crippen LogP contribution in [0.2, 0.25) is 0 Å². The lowest BCUT2D eigenvalue weighted by atomic mass is 9.86. The van der Waals surface area contributed by atoms with Crippen molar-refractivity contribution in [2.75, 3.05) is 52.4 Å². The summed E-state index contributed by atoms with van der Waals surface area (Å²) in [7, 11) is 0. The highest BCUT2D eigenvalue weighted by Gasteiger charge is 2.39. The Labute approximate surface area is 305 Å². The Kier molecular flexibility index (Phi) is 9.67. The third kappa shape index (κ3) is 6.76. The van der Waals surface area contributed by atoms with E-state index >= 15 is 0 Å². The fourth-order valence-electron chi connectivity index (χ4n) is 8.30. The van der Waals surface area contributed by atoms with Crippen molar-refractivity contribution in [2.45, 2.75) is 38.5 Å². The first-order valence-corrected chi connectivity index (χ1v) is 18.6. The monoisotopic (exact) mass is 692 g/mol. The molecule has 2 aliphatic heterocycles. The van der Waals surface area contributed by atoms with Gasteiger partial charge in [-0.2, -0.15) is 0 Å². The highest BCUT2D eigenvalue weighted by molar-refractivity contribution is 6.33. The van der Waals surface area contributed by atoms with Gasteiger partial charge in [-0.05, 0) is 62.8 Å². The van der Waals surface area contributed by atoms with Crippen molar-refractivity contribution in [3.63, 3.8) is 0 Å². The number of hydrogen-bond acceptors (Lipinski definition) is 6. The van der Waals surface area contributed by atoms with Crippen molar-refractivity contribution < 1.29 is 19.2 Å². The van der Waals surface area contributed by atoms with E-state index in [1.165, 1.54) is 32.1 Å². The molecule has 52 heavy (non-hydrogen) atoms. The summed E-state index contributed by atoms with van der Waals surface area (Å²) in [6.45, 7) is 5.47. The third-order valence-electron chi connectivity index (χ3n) is 10.9. The van der Waals surface area contributed by atoms with Gasteiger partial charge in [0.25, 0.3) is 23.6 Å². The smallest absolute Gasteiger partial charge is 0.261 e. The second kappa shape index (κ2) is 14.8. The number of benzene rings is 2. The Morgan fingerprint density at radius 1 is 0.442 bits per heavy atom. The van der Waals surface area contributed by atoms with Gasteiger partial charge in [-0.3, -0.25) is 38.8 Å². The summed E-state index contributed by atoms with van der Waals surface area (Å²) in [5.74, 6) is -1.50. The van der Waals surface area contributed by atoms with Gasteiger partial charge in [0.1, 0.15) is 0 Å². The minimum atomic E-state index is -0.374. The Hall–Kier alpha value is -5.18. The van der Waals surface area contributed by atoms with Crippen molar-refractivity contribution in [3.8, 4) is 0 Å². The van der Waals surface area contributed by atoms with Gasteiger partial charge in [0.05, 0.1) is 0 Å². The molecule has 0 saturated heterocycles. The Morgan fingerprint density at radius 3 is 0.981 bits per heavy atom. The SMILES string of the molecule is O=C1c2ccc3c4c(ccc(c24)C(=O)N1CCCN(CC1=CC=CC1)CC1=CC=CC1)C(=O)N(CCCN(CC1=CC=CC1)CC1=CC=CC1)C3=O. The van der Waals surface area contributed by atoms with Gasteiger partial charge in [-0.15, -0.1) is 0 Å². The average molecular weight is 693 g/mol. The van der Waals surface area contributed by atoms with Gasteiger partial charge in [-0.1, -0.05) is 95.2 Å². The van der Waals surface area contributed by atoms with E-state index in [0.29, 0.717) is 45.9 Å². The molecule has 0 spiro atoms. The summed E-state index contributed by atoms with van der Waals surface area (Å²) >= 11 is 0. The maximum Gasteiger partial charge on any atom is 0.261 e. The van der Waals surface area contributed by atoms with Gasteiger partial charge >= 0.3 is 0 Å². The second-order valence-electron chi connectivity index (χ2n) is 14.6. The van der Waals surface area contributed by atoms with Crippen LogP contribution < -0.4 is 0 Å². The quantitative estimate of drug-likeness (QED) is 0.177. The van der Waals surface area contributed by atoms with Crippen LogP contribution in [0.15, 0.2) is 119 Å². The Morgan fingerprint density at radius 2 is 0.731 bits per heavy atom. The summed E-state index contributed by atoms with van der Waals surface area (Å²) in [6.07, 6.45) is 30.8. The minimum absolute atomic E-state index is 0.289. The largest absolute Gasteiger partial charge is 0.295 e. The number of nitrogens with zero attached hydrogens (tertiary/aromatic N) is 4. The zero-order valence-electron chi connectivity index (χ0n) is 29.6. The van der Waals surface area contributed by atoms with Crippen molar-refractivity contribution in [1.29, 1.82) is 0 Å². The molecule has 264 valence electrons. The highest BCUT2D eigenvalue weighted by atomic mass is 16.2. The number of rotatable bonds is 16. The topological polar surface area (TPSA) is 81.2 Å². The molecule has 2 heterocycles. The molecule has 0 N–H and O–H groups in total. The summed E-state index contributed by atoms with van der Waals surface area (Å²) < 4.78 is 0. The van der Waals surface area contributed by atoms with E-state index in [0.717, 1.165) is 65.0 Å². The molecule has 0 aromatic heterocycles. The van der Waals surface area contributed by atoms with Crippen LogP contribution in [0.25, 0.3) is 10.8 Å². The van der Waals surface area contributed by atoms with Crippen molar-refractivity contribution >= 4 is 34.4 Å². The van der Waals surface area contributed by atoms with E-state index in [1.54, 1.807) is 24.3 Å². The zero-order chi connectivity index (χ0) is 35.6. The molecule has 0 radical (unpaired) electrons. The lowest BCUT2D eigenvalue weighted by Crippen LogP contribution is -2.44. The summed E-state index contributed by atoms with van der Waals surface area (Å²) in [6, 6.07) is 6.66. The molecule has 0 unspecified atom stereocenters. The standard InChI is InChI=1S/C44H44N4O4/c49-41-35-19-21-37-40-38(44(52)48(43(37)51)26-10-24-46(29-33-15-5-6-16-33)30-34-17-7-8-18-34)22-20-36(39(35)40)42(50)47(41)25-9-23-45(27-31-11-1-2-12-31)28-32-13-3-4-14-32/h1-8,11,13,15,17,19-22H,9-10,12,14,16,18,23-30H2. The number of amides is 4. The summed E-state index contributed by atoms with van der Waals surface area (Å²) in [4.78, 5) is 63.1. The molecule has 8 heteroatoms. The van der Waals surface area contributed by atoms with Crippen LogP contribution in [0.5, 0.6) is 0 Å². The maximum absolute atomic E-state index is 13.9. The van der Waals surface area contributed by atoms with E-state index in [-0.39, 0.29) is 36.7 Å². The van der Waals surface area contributed by atoms with Gasteiger partial charge in [-0.25, -0.2) is 0 Å². The number of allylic oxidation sites excluding steroid dienone is 12. The lowest BCUT2D eigenvalue weighted by molar-refractivity contribution is 0.0583.